The SMILES string of the molecule is Cc1cc(C)cc(O[C@@H](C)C(=O)Nc2ccncc2)c1. The number of rotatable bonds is 4. The van der Waals surface area contributed by atoms with Gasteiger partial charge < -0.3 is 10.1 Å². The summed E-state index contributed by atoms with van der Waals surface area (Å²) in [5, 5.41) is 2.79. The van der Waals surface area contributed by atoms with Crippen molar-refractivity contribution in [3.05, 3.63) is 53.9 Å². The highest BCUT2D eigenvalue weighted by molar-refractivity contribution is 5.94. The van der Waals surface area contributed by atoms with Crippen molar-refractivity contribution in [1.29, 1.82) is 0 Å². The Morgan fingerprint density at radius 1 is 1.15 bits per heavy atom. The van der Waals surface area contributed by atoms with Crippen LogP contribution in [0.25, 0.3) is 0 Å². The van der Waals surface area contributed by atoms with Gasteiger partial charge in [-0.15, -0.1) is 0 Å². The van der Waals surface area contributed by atoms with Gasteiger partial charge >= 0.3 is 0 Å². The van der Waals surface area contributed by atoms with E-state index in [2.05, 4.69) is 16.4 Å². The van der Waals surface area contributed by atoms with E-state index in [0.29, 0.717) is 11.4 Å². The Labute approximate surface area is 118 Å². The molecule has 1 aromatic carbocycles. The molecule has 1 N–H and O–H groups in total. The van der Waals surface area contributed by atoms with E-state index in [1.54, 1.807) is 31.5 Å². The van der Waals surface area contributed by atoms with Crippen LogP contribution < -0.4 is 10.1 Å². The van der Waals surface area contributed by atoms with Crippen LogP contribution in [0.15, 0.2) is 42.7 Å². The minimum Gasteiger partial charge on any atom is -0.481 e. The molecule has 0 aliphatic carbocycles. The number of hydrogen-bond donors (Lipinski definition) is 1. The van der Waals surface area contributed by atoms with Crippen LogP contribution in [0.5, 0.6) is 5.75 Å². The second kappa shape index (κ2) is 6.19. The predicted octanol–water partition coefficient (Wildman–Crippen LogP) is 3.10. The highest BCUT2D eigenvalue weighted by atomic mass is 16.5. The van der Waals surface area contributed by atoms with E-state index < -0.39 is 6.10 Å². The molecule has 0 saturated heterocycles. The third-order valence-electron chi connectivity index (χ3n) is 2.83. The molecule has 1 atom stereocenters. The number of aromatic nitrogens is 1. The van der Waals surface area contributed by atoms with Gasteiger partial charge in [0.25, 0.3) is 5.91 Å². The van der Waals surface area contributed by atoms with E-state index >= 15 is 0 Å². The number of carbonyl (C=O) groups is 1. The number of benzene rings is 1. The number of amides is 1. The maximum Gasteiger partial charge on any atom is 0.265 e. The smallest absolute Gasteiger partial charge is 0.265 e. The van der Waals surface area contributed by atoms with Crippen molar-refractivity contribution in [2.45, 2.75) is 26.9 Å². The fourth-order valence-corrected chi connectivity index (χ4v) is 1.94. The van der Waals surface area contributed by atoms with Crippen molar-refractivity contribution in [1.82, 2.24) is 4.98 Å². The molecule has 20 heavy (non-hydrogen) atoms. The summed E-state index contributed by atoms with van der Waals surface area (Å²) in [5.41, 5.74) is 2.93. The first-order valence-electron chi connectivity index (χ1n) is 6.50. The molecule has 0 bridgehead atoms. The van der Waals surface area contributed by atoms with E-state index in [-0.39, 0.29) is 5.91 Å². The lowest BCUT2D eigenvalue weighted by Gasteiger charge is -2.15. The number of pyridine rings is 1. The van der Waals surface area contributed by atoms with Gasteiger partial charge in [-0.05, 0) is 56.2 Å². The summed E-state index contributed by atoms with van der Waals surface area (Å²) in [5.74, 6) is 0.523. The largest absolute Gasteiger partial charge is 0.481 e. The topological polar surface area (TPSA) is 51.2 Å². The maximum atomic E-state index is 12.0. The van der Waals surface area contributed by atoms with Gasteiger partial charge in [0.05, 0.1) is 0 Å². The van der Waals surface area contributed by atoms with Gasteiger partial charge in [0.2, 0.25) is 0 Å². The molecule has 2 rings (SSSR count). The van der Waals surface area contributed by atoms with Crippen molar-refractivity contribution in [3.63, 3.8) is 0 Å². The number of anilines is 1. The molecule has 0 aliphatic rings. The van der Waals surface area contributed by atoms with Crippen LogP contribution in [0.1, 0.15) is 18.1 Å². The summed E-state index contributed by atoms with van der Waals surface area (Å²) in [4.78, 5) is 15.9. The Hall–Kier alpha value is -2.36. The zero-order valence-electron chi connectivity index (χ0n) is 11.9. The molecule has 4 nitrogen and oxygen atoms in total. The molecule has 104 valence electrons. The summed E-state index contributed by atoms with van der Waals surface area (Å²) < 4.78 is 5.68. The first-order valence-corrected chi connectivity index (χ1v) is 6.50. The Morgan fingerprint density at radius 3 is 2.35 bits per heavy atom. The molecule has 4 heteroatoms. The monoisotopic (exact) mass is 270 g/mol. The summed E-state index contributed by atoms with van der Waals surface area (Å²) in [6.07, 6.45) is 2.69. The third kappa shape index (κ3) is 3.82. The van der Waals surface area contributed by atoms with Crippen molar-refractivity contribution in [3.8, 4) is 5.75 Å². The zero-order valence-corrected chi connectivity index (χ0v) is 11.9. The highest BCUT2D eigenvalue weighted by Gasteiger charge is 2.15. The van der Waals surface area contributed by atoms with Crippen LogP contribution in [0.2, 0.25) is 0 Å². The first kappa shape index (κ1) is 14.1. The van der Waals surface area contributed by atoms with E-state index in [1.165, 1.54) is 0 Å². The lowest BCUT2D eigenvalue weighted by molar-refractivity contribution is -0.122. The number of aryl methyl sites for hydroxylation is 2. The predicted molar refractivity (Wildman–Crippen MR) is 78.9 cm³/mol. The molecule has 1 amide bonds. The van der Waals surface area contributed by atoms with E-state index in [1.807, 2.05) is 26.0 Å². The molecule has 0 unspecified atom stereocenters. The van der Waals surface area contributed by atoms with Crippen molar-refractivity contribution in [2.24, 2.45) is 0 Å². The van der Waals surface area contributed by atoms with Crippen molar-refractivity contribution in [2.75, 3.05) is 5.32 Å². The molecule has 0 fully saturated rings. The standard InChI is InChI=1S/C16H18N2O2/c1-11-8-12(2)10-15(9-11)20-13(3)16(19)18-14-4-6-17-7-5-14/h4-10,13H,1-3H3,(H,17,18,19)/t13-/m0/s1. The minimum absolute atomic E-state index is 0.185. The van der Waals surface area contributed by atoms with Gasteiger partial charge in [-0.25, -0.2) is 0 Å². The zero-order chi connectivity index (χ0) is 14.5. The van der Waals surface area contributed by atoms with Crippen molar-refractivity contribution >= 4 is 11.6 Å². The molecule has 2 aromatic rings. The lowest BCUT2D eigenvalue weighted by atomic mass is 10.1. The van der Waals surface area contributed by atoms with Gasteiger partial charge in [0, 0.05) is 18.1 Å². The summed E-state index contributed by atoms with van der Waals surface area (Å²) >= 11 is 0. The Morgan fingerprint density at radius 2 is 1.75 bits per heavy atom. The van der Waals surface area contributed by atoms with Gasteiger partial charge in [0.15, 0.2) is 6.10 Å². The second-order valence-corrected chi connectivity index (χ2v) is 4.81. The highest BCUT2D eigenvalue weighted by Crippen LogP contribution is 2.18. The van der Waals surface area contributed by atoms with Crippen LogP contribution in [0.4, 0.5) is 5.69 Å². The summed E-state index contributed by atoms with van der Waals surface area (Å²) in [7, 11) is 0. The molecular formula is C16H18N2O2. The van der Waals surface area contributed by atoms with Crippen molar-refractivity contribution < 1.29 is 9.53 Å². The van der Waals surface area contributed by atoms with E-state index in [0.717, 1.165) is 11.1 Å². The average Bonchev–Trinajstić information content (AvgIpc) is 2.38. The average molecular weight is 270 g/mol. The van der Waals surface area contributed by atoms with Crippen LogP contribution >= 0.6 is 0 Å². The van der Waals surface area contributed by atoms with Crippen LogP contribution in [-0.4, -0.2) is 17.0 Å². The molecule has 0 spiro atoms. The Balaban J connectivity index is 2.00. The van der Waals surface area contributed by atoms with Gasteiger partial charge in [0.1, 0.15) is 5.75 Å². The van der Waals surface area contributed by atoms with Gasteiger partial charge in [-0.3, -0.25) is 9.78 Å². The Bertz CT molecular complexity index is 576. The maximum absolute atomic E-state index is 12.0. The first-order chi connectivity index (χ1) is 9.54. The minimum atomic E-state index is -0.565. The van der Waals surface area contributed by atoms with Crippen LogP contribution in [0, 0.1) is 13.8 Å². The summed E-state index contributed by atoms with van der Waals surface area (Å²) in [6.45, 7) is 5.73. The molecular weight excluding hydrogens is 252 g/mol. The number of carbonyl (C=O) groups excluding carboxylic acids is 1. The number of nitrogens with one attached hydrogen (secondary N) is 1. The fourth-order valence-electron chi connectivity index (χ4n) is 1.94. The van der Waals surface area contributed by atoms with E-state index in [4.69, 9.17) is 4.74 Å². The number of hydrogen-bond acceptors (Lipinski definition) is 3. The molecule has 0 saturated carbocycles. The molecule has 1 heterocycles. The fraction of sp³-hybridized carbons (Fsp3) is 0.250. The number of ether oxygens (including phenoxy) is 1. The van der Waals surface area contributed by atoms with Crippen LogP contribution in [0.3, 0.4) is 0 Å². The van der Waals surface area contributed by atoms with E-state index in [9.17, 15) is 4.79 Å². The van der Waals surface area contributed by atoms with Gasteiger partial charge in [-0.2, -0.15) is 0 Å². The quantitative estimate of drug-likeness (QED) is 0.928. The normalized spacial score (nSPS) is 11.8. The molecule has 1 aromatic heterocycles. The third-order valence-corrected chi connectivity index (χ3v) is 2.83. The van der Waals surface area contributed by atoms with Gasteiger partial charge in [-0.1, -0.05) is 6.07 Å². The molecule has 0 aliphatic heterocycles. The second-order valence-electron chi connectivity index (χ2n) is 4.81. The summed E-state index contributed by atoms with van der Waals surface area (Å²) in [6, 6.07) is 9.38. The number of nitrogens with zero attached hydrogens (tertiary/aromatic N) is 1. The Kier molecular flexibility index (Phi) is 4.35. The lowest BCUT2D eigenvalue weighted by Crippen LogP contribution is -2.30. The van der Waals surface area contributed by atoms with Crippen LogP contribution in [-0.2, 0) is 4.79 Å². The molecule has 0 radical (unpaired) electrons.